The number of carbonyl (C=O) groups is 2. The first-order valence-corrected chi connectivity index (χ1v) is 11.4. The second-order valence-corrected chi connectivity index (χ2v) is 9.78. The van der Waals surface area contributed by atoms with E-state index in [2.05, 4.69) is 10.6 Å². The number of thiazole rings is 1. The van der Waals surface area contributed by atoms with E-state index in [0.717, 1.165) is 23.4 Å². The van der Waals surface area contributed by atoms with Gasteiger partial charge in [0, 0.05) is 24.3 Å². The first-order chi connectivity index (χ1) is 14.3. The van der Waals surface area contributed by atoms with Crippen molar-refractivity contribution in [1.82, 2.24) is 15.6 Å². The fraction of sp³-hybridized carbons (Fsp3) is 0.522. The van der Waals surface area contributed by atoms with Gasteiger partial charge in [-0.1, -0.05) is 30.3 Å². The van der Waals surface area contributed by atoms with Crippen molar-refractivity contribution in [3.63, 3.8) is 0 Å². The van der Waals surface area contributed by atoms with Crippen molar-refractivity contribution >= 4 is 23.3 Å². The van der Waals surface area contributed by atoms with Crippen molar-refractivity contribution in [2.45, 2.75) is 70.9 Å². The van der Waals surface area contributed by atoms with E-state index in [1.165, 1.54) is 23.4 Å². The highest BCUT2D eigenvalue weighted by atomic mass is 32.1. The molecule has 1 unspecified atom stereocenters. The van der Waals surface area contributed by atoms with Crippen molar-refractivity contribution < 1.29 is 14.3 Å². The Morgan fingerprint density at radius 2 is 1.90 bits per heavy atom. The van der Waals surface area contributed by atoms with Gasteiger partial charge in [-0.3, -0.25) is 4.79 Å². The van der Waals surface area contributed by atoms with E-state index in [4.69, 9.17) is 9.72 Å². The molecule has 0 saturated carbocycles. The molecule has 2 N–H and O–H groups in total. The number of aromatic nitrogens is 1. The summed E-state index contributed by atoms with van der Waals surface area (Å²) in [6, 6.07) is 8.94. The van der Waals surface area contributed by atoms with E-state index in [-0.39, 0.29) is 5.91 Å². The van der Waals surface area contributed by atoms with Crippen LogP contribution in [0.4, 0.5) is 4.79 Å². The molecular weight excluding hydrogens is 398 g/mol. The van der Waals surface area contributed by atoms with Gasteiger partial charge in [-0.2, -0.15) is 0 Å². The van der Waals surface area contributed by atoms with E-state index >= 15 is 0 Å². The van der Waals surface area contributed by atoms with Crippen LogP contribution in [0, 0.1) is 0 Å². The molecule has 0 fully saturated rings. The summed E-state index contributed by atoms with van der Waals surface area (Å²) in [6.45, 7) is 5.89. The molecule has 0 radical (unpaired) electrons. The monoisotopic (exact) mass is 429 g/mol. The van der Waals surface area contributed by atoms with E-state index in [0.29, 0.717) is 19.4 Å². The second-order valence-electron chi connectivity index (χ2n) is 8.61. The SMILES string of the molecule is CC(C)(C)OC(=O)NC(Cc1ccccc1)C(=O)NCCc1nc2c(s1)CCCC2. The van der Waals surface area contributed by atoms with Gasteiger partial charge in [0.15, 0.2) is 0 Å². The molecule has 2 amide bonds. The summed E-state index contributed by atoms with van der Waals surface area (Å²) >= 11 is 1.76. The minimum absolute atomic E-state index is 0.217. The Morgan fingerprint density at radius 1 is 1.17 bits per heavy atom. The maximum absolute atomic E-state index is 12.8. The van der Waals surface area contributed by atoms with E-state index < -0.39 is 17.7 Å². The lowest BCUT2D eigenvalue weighted by molar-refractivity contribution is -0.123. The third-order valence-corrected chi connectivity index (χ3v) is 6.04. The summed E-state index contributed by atoms with van der Waals surface area (Å²) < 4.78 is 5.34. The molecule has 162 valence electrons. The van der Waals surface area contributed by atoms with Gasteiger partial charge in [-0.25, -0.2) is 9.78 Å². The van der Waals surface area contributed by atoms with Crippen LogP contribution >= 0.6 is 11.3 Å². The Morgan fingerprint density at radius 3 is 2.60 bits per heavy atom. The third kappa shape index (κ3) is 6.83. The van der Waals surface area contributed by atoms with Gasteiger partial charge in [-0.15, -0.1) is 11.3 Å². The summed E-state index contributed by atoms with van der Waals surface area (Å²) in [7, 11) is 0. The number of rotatable bonds is 7. The van der Waals surface area contributed by atoms with Gasteiger partial charge >= 0.3 is 6.09 Å². The van der Waals surface area contributed by atoms with Gasteiger partial charge in [0.25, 0.3) is 0 Å². The number of aryl methyl sites for hydroxylation is 2. The Kier molecular flexibility index (Phi) is 7.48. The number of amides is 2. The highest BCUT2D eigenvalue weighted by molar-refractivity contribution is 7.11. The van der Waals surface area contributed by atoms with Gasteiger partial charge in [0.2, 0.25) is 5.91 Å². The Bertz CT molecular complexity index is 835. The lowest BCUT2D eigenvalue weighted by Crippen LogP contribution is -2.49. The average molecular weight is 430 g/mol. The lowest BCUT2D eigenvalue weighted by Gasteiger charge is -2.23. The molecule has 0 bridgehead atoms. The first kappa shape index (κ1) is 22.3. The smallest absolute Gasteiger partial charge is 0.408 e. The van der Waals surface area contributed by atoms with E-state index in [1.54, 1.807) is 32.1 Å². The topological polar surface area (TPSA) is 80.3 Å². The molecule has 1 heterocycles. The van der Waals surface area contributed by atoms with Crippen LogP contribution in [0.2, 0.25) is 0 Å². The minimum Gasteiger partial charge on any atom is -0.444 e. The highest BCUT2D eigenvalue weighted by Crippen LogP contribution is 2.26. The molecule has 0 aliphatic heterocycles. The molecule has 1 aliphatic carbocycles. The molecule has 2 aromatic rings. The predicted octanol–water partition coefficient (Wildman–Crippen LogP) is 3.82. The fourth-order valence-corrected chi connectivity index (χ4v) is 4.59. The summed E-state index contributed by atoms with van der Waals surface area (Å²) in [4.78, 5) is 31.2. The van der Waals surface area contributed by atoms with Crippen LogP contribution in [0.3, 0.4) is 0 Å². The Balaban J connectivity index is 1.57. The standard InChI is InChI=1S/C23H31N3O3S/c1-23(2,3)29-22(28)26-18(15-16-9-5-4-6-10-16)21(27)24-14-13-20-25-17-11-7-8-12-19(17)30-20/h4-6,9-10,18H,7-8,11-15H2,1-3H3,(H,24,27)(H,26,28). The van der Waals surface area contributed by atoms with Gasteiger partial charge in [-0.05, 0) is 52.0 Å². The predicted molar refractivity (Wildman–Crippen MR) is 119 cm³/mol. The fourth-order valence-electron chi connectivity index (χ4n) is 3.44. The maximum Gasteiger partial charge on any atom is 0.408 e. The van der Waals surface area contributed by atoms with Crippen LogP contribution in [0.15, 0.2) is 30.3 Å². The van der Waals surface area contributed by atoms with Crippen molar-refractivity contribution in [3.8, 4) is 0 Å². The molecular formula is C23H31N3O3S. The molecule has 1 aromatic carbocycles. The Labute approximate surface area is 182 Å². The van der Waals surface area contributed by atoms with Crippen LogP contribution < -0.4 is 10.6 Å². The number of ether oxygens (including phenoxy) is 1. The summed E-state index contributed by atoms with van der Waals surface area (Å²) in [6.07, 6.45) is 5.15. The molecule has 0 saturated heterocycles. The zero-order valence-electron chi connectivity index (χ0n) is 18.0. The number of nitrogens with one attached hydrogen (secondary N) is 2. The largest absolute Gasteiger partial charge is 0.444 e. The van der Waals surface area contributed by atoms with Crippen LogP contribution in [-0.2, 0) is 35.2 Å². The average Bonchev–Trinajstić information content (AvgIpc) is 3.09. The number of hydrogen-bond acceptors (Lipinski definition) is 5. The van der Waals surface area contributed by atoms with Gasteiger partial charge in [0.05, 0.1) is 10.7 Å². The third-order valence-electron chi connectivity index (χ3n) is 4.82. The Hall–Kier alpha value is -2.41. The number of fused-ring (bicyclic) bond motifs is 1. The van der Waals surface area contributed by atoms with Crippen molar-refractivity contribution in [1.29, 1.82) is 0 Å². The second kappa shape index (κ2) is 10.1. The van der Waals surface area contributed by atoms with Crippen LogP contribution in [0.1, 0.15) is 54.8 Å². The van der Waals surface area contributed by atoms with Crippen LogP contribution in [0.5, 0.6) is 0 Å². The molecule has 30 heavy (non-hydrogen) atoms. The number of carbonyl (C=O) groups excluding carboxylic acids is 2. The zero-order valence-corrected chi connectivity index (χ0v) is 18.8. The van der Waals surface area contributed by atoms with Crippen molar-refractivity contribution in [3.05, 3.63) is 51.5 Å². The molecule has 1 aromatic heterocycles. The molecule has 1 atom stereocenters. The molecule has 1 aliphatic rings. The minimum atomic E-state index is -0.702. The normalized spacial score (nSPS) is 14.5. The number of alkyl carbamates (subject to hydrolysis) is 1. The molecule has 0 spiro atoms. The quantitative estimate of drug-likeness (QED) is 0.701. The summed E-state index contributed by atoms with van der Waals surface area (Å²) in [5, 5.41) is 6.75. The van der Waals surface area contributed by atoms with E-state index in [9.17, 15) is 9.59 Å². The zero-order chi connectivity index (χ0) is 21.6. The summed E-state index contributed by atoms with van der Waals surface area (Å²) in [5.74, 6) is -0.217. The lowest BCUT2D eigenvalue weighted by atomic mass is 10.0. The van der Waals surface area contributed by atoms with Gasteiger partial charge < -0.3 is 15.4 Å². The summed E-state index contributed by atoms with van der Waals surface area (Å²) in [5.41, 5.74) is 1.59. The number of hydrogen-bond donors (Lipinski definition) is 2. The van der Waals surface area contributed by atoms with Crippen LogP contribution in [-0.4, -0.2) is 35.2 Å². The number of nitrogens with zero attached hydrogens (tertiary/aromatic N) is 1. The number of benzene rings is 1. The molecule has 6 nitrogen and oxygen atoms in total. The van der Waals surface area contributed by atoms with Crippen molar-refractivity contribution in [2.75, 3.05) is 6.54 Å². The first-order valence-electron chi connectivity index (χ1n) is 10.6. The van der Waals surface area contributed by atoms with Crippen molar-refractivity contribution in [2.24, 2.45) is 0 Å². The molecule has 7 heteroatoms. The maximum atomic E-state index is 12.8. The van der Waals surface area contributed by atoms with Crippen LogP contribution in [0.25, 0.3) is 0 Å². The highest BCUT2D eigenvalue weighted by Gasteiger charge is 2.24. The molecule has 3 rings (SSSR count). The van der Waals surface area contributed by atoms with Gasteiger partial charge in [0.1, 0.15) is 11.6 Å². The van der Waals surface area contributed by atoms with E-state index in [1.807, 2.05) is 30.3 Å².